The lowest BCUT2D eigenvalue weighted by Crippen LogP contribution is -2.13. The van der Waals surface area contributed by atoms with Crippen molar-refractivity contribution in [3.63, 3.8) is 0 Å². The predicted octanol–water partition coefficient (Wildman–Crippen LogP) is 3.52. The molecule has 0 atom stereocenters. The highest BCUT2D eigenvalue weighted by atomic mass is 32.1. The number of nitro benzene ring substituents is 1. The number of nitro groups is 1. The summed E-state index contributed by atoms with van der Waals surface area (Å²) in [5.41, 5.74) is 0.791. The molecule has 0 fully saturated rings. The van der Waals surface area contributed by atoms with Crippen molar-refractivity contribution in [3.8, 4) is 0 Å². The molecule has 13 heteroatoms. The number of para-hydroxylation sites is 1. The second-order valence-electron chi connectivity index (χ2n) is 7.18. The summed E-state index contributed by atoms with van der Waals surface area (Å²) in [6.45, 7) is 7.14. The Morgan fingerprint density at radius 2 is 1.60 bits per heavy atom. The Kier molecular flexibility index (Phi) is 7.91. The molecule has 1 amide bonds. The molecule has 2 heterocycles. The van der Waals surface area contributed by atoms with Crippen LogP contribution < -0.4 is 5.32 Å². The van der Waals surface area contributed by atoms with E-state index < -0.39 is 22.8 Å². The van der Waals surface area contributed by atoms with Gasteiger partial charge in [0.1, 0.15) is 10.6 Å². The van der Waals surface area contributed by atoms with Crippen molar-refractivity contribution in [1.29, 1.82) is 0 Å². The average Bonchev–Trinajstić information content (AvgIpc) is 3.36. The molecule has 0 aliphatic carbocycles. The molecule has 0 aliphatic heterocycles. The van der Waals surface area contributed by atoms with Gasteiger partial charge in [-0.15, -0.1) is 10.2 Å². The minimum Gasteiger partial charge on any atom is -0.462 e. The zero-order valence-electron chi connectivity index (χ0n) is 19.5. The minimum atomic E-state index is -0.692. The first kappa shape index (κ1) is 25.5. The molecule has 0 spiro atoms. The summed E-state index contributed by atoms with van der Waals surface area (Å²) in [4.78, 5) is 48.3. The lowest BCUT2D eigenvalue weighted by Gasteiger charge is -2.07. The van der Waals surface area contributed by atoms with Crippen LogP contribution in [0.25, 0.3) is 0 Å². The summed E-state index contributed by atoms with van der Waals surface area (Å²) in [5, 5.41) is 22.3. The van der Waals surface area contributed by atoms with Gasteiger partial charge in [0.25, 0.3) is 11.6 Å². The molecule has 1 aromatic carbocycles. The highest BCUT2D eigenvalue weighted by Gasteiger charge is 2.30. The summed E-state index contributed by atoms with van der Waals surface area (Å²) in [7, 11) is 0. The average molecular weight is 502 g/mol. The fraction of sp³-hybridized carbons (Fsp3) is 0.318. The van der Waals surface area contributed by atoms with E-state index in [4.69, 9.17) is 9.47 Å². The standard InChI is InChI=1S/C22H23N5O7S/c1-5-33-20(29)17-12(3)26(13(4)18(17)21(30)34-6-2)11-16-24-25-22(35-16)23-19(28)14-9-7-8-10-15(14)27(31)32/h7-10H,5-6,11H2,1-4H3,(H,23,25,28). The maximum Gasteiger partial charge on any atom is 0.340 e. The molecule has 12 nitrogen and oxygen atoms in total. The Morgan fingerprint density at radius 1 is 1.03 bits per heavy atom. The number of carbonyl (C=O) groups excluding carboxylic acids is 3. The molecule has 0 unspecified atom stereocenters. The number of hydrogen-bond donors (Lipinski definition) is 1. The Morgan fingerprint density at radius 3 is 2.14 bits per heavy atom. The first-order valence-corrected chi connectivity index (χ1v) is 11.4. The zero-order valence-corrected chi connectivity index (χ0v) is 20.3. The summed E-state index contributed by atoms with van der Waals surface area (Å²) in [6, 6.07) is 5.57. The molecule has 0 aliphatic rings. The number of nitrogens with one attached hydrogen (secondary N) is 1. The van der Waals surface area contributed by atoms with Crippen LogP contribution in [0.1, 0.15) is 61.3 Å². The van der Waals surface area contributed by atoms with E-state index in [0.717, 1.165) is 11.3 Å². The van der Waals surface area contributed by atoms with Crippen molar-refractivity contribution >= 4 is 40.0 Å². The van der Waals surface area contributed by atoms with Crippen molar-refractivity contribution in [2.24, 2.45) is 0 Å². The number of rotatable bonds is 9. The Balaban J connectivity index is 1.88. The second-order valence-corrected chi connectivity index (χ2v) is 8.24. The van der Waals surface area contributed by atoms with Crippen LogP contribution in [0, 0.1) is 24.0 Å². The van der Waals surface area contributed by atoms with Gasteiger partial charge in [0.05, 0.1) is 35.8 Å². The van der Waals surface area contributed by atoms with Gasteiger partial charge in [-0.25, -0.2) is 9.59 Å². The number of benzene rings is 1. The predicted molar refractivity (Wildman–Crippen MR) is 126 cm³/mol. The smallest absolute Gasteiger partial charge is 0.340 e. The number of carbonyl (C=O) groups is 3. The molecular formula is C22H23N5O7S. The van der Waals surface area contributed by atoms with Gasteiger partial charge in [0.2, 0.25) is 5.13 Å². The van der Waals surface area contributed by atoms with Crippen molar-refractivity contribution < 1.29 is 28.8 Å². The summed E-state index contributed by atoms with van der Waals surface area (Å²) >= 11 is 1.06. The van der Waals surface area contributed by atoms with E-state index in [1.54, 1.807) is 32.3 Å². The van der Waals surface area contributed by atoms with Gasteiger partial charge in [0, 0.05) is 17.5 Å². The van der Waals surface area contributed by atoms with E-state index in [0.29, 0.717) is 16.4 Å². The molecule has 0 saturated heterocycles. The highest BCUT2D eigenvalue weighted by Crippen LogP contribution is 2.27. The van der Waals surface area contributed by atoms with Gasteiger partial charge in [0.15, 0.2) is 0 Å². The lowest BCUT2D eigenvalue weighted by molar-refractivity contribution is -0.385. The number of aromatic nitrogens is 3. The van der Waals surface area contributed by atoms with Crippen LogP contribution in [-0.4, -0.2) is 50.7 Å². The van der Waals surface area contributed by atoms with Gasteiger partial charge >= 0.3 is 11.9 Å². The number of esters is 2. The Labute approximate surface area is 204 Å². The summed E-state index contributed by atoms with van der Waals surface area (Å²) < 4.78 is 12.0. The van der Waals surface area contributed by atoms with Crippen molar-refractivity contribution in [2.45, 2.75) is 34.2 Å². The van der Waals surface area contributed by atoms with E-state index in [1.165, 1.54) is 24.3 Å². The second kappa shape index (κ2) is 10.9. The maximum absolute atomic E-state index is 12.6. The van der Waals surface area contributed by atoms with Gasteiger partial charge in [-0.1, -0.05) is 23.5 Å². The van der Waals surface area contributed by atoms with Crippen LogP contribution >= 0.6 is 11.3 Å². The molecule has 3 aromatic rings. The molecule has 3 rings (SSSR count). The molecule has 1 N–H and O–H groups in total. The number of amides is 1. The fourth-order valence-electron chi connectivity index (χ4n) is 3.52. The topological polar surface area (TPSA) is 156 Å². The van der Waals surface area contributed by atoms with Crippen LogP contribution in [0.5, 0.6) is 0 Å². The van der Waals surface area contributed by atoms with Gasteiger partial charge in [-0.05, 0) is 33.8 Å². The largest absolute Gasteiger partial charge is 0.462 e. The van der Waals surface area contributed by atoms with E-state index in [9.17, 15) is 24.5 Å². The van der Waals surface area contributed by atoms with Gasteiger partial charge < -0.3 is 14.0 Å². The zero-order chi connectivity index (χ0) is 25.7. The van der Waals surface area contributed by atoms with Crippen molar-refractivity contribution in [3.05, 3.63) is 67.5 Å². The molecule has 35 heavy (non-hydrogen) atoms. The Hall–Kier alpha value is -4.13. The van der Waals surface area contributed by atoms with Gasteiger partial charge in [-0.3, -0.25) is 20.2 Å². The van der Waals surface area contributed by atoms with E-state index in [1.807, 2.05) is 0 Å². The molecule has 0 radical (unpaired) electrons. The summed E-state index contributed by atoms with van der Waals surface area (Å²) in [6.07, 6.45) is 0. The molecule has 184 valence electrons. The SMILES string of the molecule is CCOC(=O)c1c(C(=O)OCC)c(C)n(Cc2nnc(NC(=O)c3ccccc3[N+](=O)[O-])s2)c1C. The third-order valence-electron chi connectivity index (χ3n) is 5.07. The quantitative estimate of drug-likeness (QED) is 0.263. The number of nitrogens with zero attached hydrogens (tertiary/aromatic N) is 4. The lowest BCUT2D eigenvalue weighted by atomic mass is 10.1. The molecule has 2 aromatic heterocycles. The third kappa shape index (κ3) is 5.35. The van der Waals surface area contributed by atoms with Crippen LogP contribution in [0.15, 0.2) is 24.3 Å². The fourth-order valence-corrected chi connectivity index (χ4v) is 4.24. The van der Waals surface area contributed by atoms with Crippen LogP contribution in [0.2, 0.25) is 0 Å². The van der Waals surface area contributed by atoms with E-state index in [2.05, 4.69) is 15.5 Å². The first-order chi connectivity index (χ1) is 16.7. The van der Waals surface area contributed by atoms with Crippen LogP contribution in [0.3, 0.4) is 0 Å². The monoisotopic (exact) mass is 501 g/mol. The third-order valence-corrected chi connectivity index (χ3v) is 5.89. The maximum atomic E-state index is 12.6. The molecular weight excluding hydrogens is 478 g/mol. The first-order valence-electron chi connectivity index (χ1n) is 10.6. The molecule has 0 saturated carbocycles. The van der Waals surface area contributed by atoms with E-state index in [-0.39, 0.29) is 47.3 Å². The number of ether oxygens (including phenoxy) is 2. The van der Waals surface area contributed by atoms with Crippen LogP contribution in [0.4, 0.5) is 10.8 Å². The normalized spacial score (nSPS) is 10.6. The summed E-state index contributed by atoms with van der Waals surface area (Å²) in [5.74, 6) is -1.96. The number of hydrogen-bond acceptors (Lipinski definition) is 10. The van der Waals surface area contributed by atoms with Crippen molar-refractivity contribution in [1.82, 2.24) is 14.8 Å². The molecule has 0 bridgehead atoms. The van der Waals surface area contributed by atoms with E-state index >= 15 is 0 Å². The Bertz CT molecular complexity index is 1260. The van der Waals surface area contributed by atoms with Crippen molar-refractivity contribution in [2.75, 3.05) is 18.5 Å². The number of anilines is 1. The van der Waals surface area contributed by atoms with Gasteiger partial charge in [-0.2, -0.15) is 0 Å². The van der Waals surface area contributed by atoms with Crippen LogP contribution in [-0.2, 0) is 16.0 Å². The highest BCUT2D eigenvalue weighted by molar-refractivity contribution is 7.15. The minimum absolute atomic E-state index is 0.107.